The molecule has 1 atom stereocenters. The summed E-state index contributed by atoms with van der Waals surface area (Å²) in [5.74, 6) is -0.0111. The number of aromatic nitrogens is 2. The molecule has 1 unspecified atom stereocenters. The summed E-state index contributed by atoms with van der Waals surface area (Å²) in [5.41, 5.74) is 1.31. The van der Waals surface area contributed by atoms with Crippen LogP contribution < -0.4 is 10.9 Å². The molecule has 5 nitrogen and oxygen atoms in total. The highest BCUT2D eigenvalue weighted by molar-refractivity contribution is 8.00. The highest BCUT2D eigenvalue weighted by Crippen LogP contribution is 2.36. The molecule has 0 saturated carbocycles. The second-order valence-electron chi connectivity index (χ2n) is 7.10. The van der Waals surface area contributed by atoms with Crippen LogP contribution >= 0.6 is 23.1 Å². The largest absolute Gasteiger partial charge is 0.355 e. The minimum absolute atomic E-state index is 0.0111. The highest BCUT2D eigenvalue weighted by Gasteiger charge is 2.24. The maximum absolute atomic E-state index is 13.3. The number of thioether (sulfide) groups is 1. The summed E-state index contributed by atoms with van der Waals surface area (Å²) >= 11 is 3.06. The molecule has 2 aromatic heterocycles. The number of aryl methyl sites for hydroxylation is 2. The van der Waals surface area contributed by atoms with E-state index >= 15 is 0 Å². The summed E-state index contributed by atoms with van der Waals surface area (Å²) < 4.78 is 1.82. The first kappa shape index (κ1) is 20.4. The van der Waals surface area contributed by atoms with Crippen LogP contribution in [-0.2, 0) is 24.2 Å². The molecule has 0 bridgehead atoms. The maximum atomic E-state index is 13.3. The summed E-state index contributed by atoms with van der Waals surface area (Å²) in [7, 11) is 0. The van der Waals surface area contributed by atoms with E-state index in [2.05, 4.69) is 12.2 Å². The smallest absolute Gasteiger partial charge is 0.263 e. The molecular weight excluding hydrogens is 378 g/mol. The van der Waals surface area contributed by atoms with E-state index in [1.54, 1.807) is 11.3 Å². The molecule has 7 heteroatoms. The molecule has 1 N–H and O–H groups in total. The minimum atomic E-state index is -0.275. The SMILES string of the molecule is CCCCCCn1c(SC(C)C(=O)NCC)nc2sc3c(c2c1=O)CCC3. The monoisotopic (exact) mass is 407 g/mol. The van der Waals surface area contributed by atoms with Gasteiger partial charge < -0.3 is 5.32 Å². The van der Waals surface area contributed by atoms with Crippen molar-refractivity contribution in [3.05, 3.63) is 20.8 Å². The van der Waals surface area contributed by atoms with Gasteiger partial charge in [0.1, 0.15) is 4.83 Å². The predicted molar refractivity (Wildman–Crippen MR) is 114 cm³/mol. The van der Waals surface area contributed by atoms with E-state index in [0.29, 0.717) is 18.2 Å². The molecule has 2 aromatic rings. The van der Waals surface area contributed by atoms with E-state index in [-0.39, 0.29) is 16.7 Å². The number of nitrogens with one attached hydrogen (secondary N) is 1. The average molecular weight is 408 g/mol. The molecule has 0 radical (unpaired) electrons. The number of amides is 1. The van der Waals surface area contributed by atoms with Crippen molar-refractivity contribution in [2.24, 2.45) is 0 Å². The van der Waals surface area contributed by atoms with E-state index in [1.807, 2.05) is 18.4 Å². The number of hydrogen-bond donors (Lipinski definition) is 1. The Hall–Kier alpha value is -1.34. The lowest BCUT2D eigenvalue weighted by Gasteiger charge is -2.15. The second kappa shape index (κ2) is 9.24. The van der Waals surface area contributed by atoms with Crippen LogP contribution in [0.1, 0.15) is 63.3 Å². The zero-order valence-electron chi connectivity index (χ0n) is 16.5. The molecule has 2 heterocycles. The lowest BCUT2D eigenvalue weighted by atomic mass is 10.2. The molecule has 0 aromatic carbocycles. The molecule has 0 spiro atoms. The first-order valence-electron chi connectivity index (χ1n) is 10.1. The number of rotatable bonds is 9. The van der Waals surface area contributed by atoms with E-state index < -0.39 is 0 Å². The zero-order chi connectivity index (χ0) is 19.4. The fraction of sp³-hybridized carbons (Fsp3) is 0.650. The third-order valence-corrected chi connectivity index (χ3v) is 7.30. The van der Waals surface area contributed by atoms with E-state index in [9.17, 15) is 9.59 Å². The van der Waals surface area contributed by atoms with Gasteiger partial charge in [0.05, 0.1) is 10.6 Å². The second-order valence-corrected chi connectivity index (χ2v) is 9.50. The molecule has 1 aliphatic rings. The summed E-state index contributed by atoms with van der Waals surface area (Å²) in [6.07, 6.45) is 7.61. The van der Waals surface area contributed by atoms with Crippen molar-refractivity contribution in [3.63, 3.8) is 0 Å². The Balaban J connectivity index is 1.96. The number of fused-ring (bicyclic) bond motifs is 3. The molecule has 1 aliphatic carbocycles. The molecule has 0 aliphatic heterocycles. The minimum Gasteiger partial charge on any atom is -0.355 e. The Morgan fingerprint density at radius 1 is 1.30 bits per heavy atom. The van der Waals surface area contributed by atoms with E-state index in [4.69, 9.17) is 4.98 Å². The van der Waals surface area contributed by atoms with Crippen molar-refractivity contribution in [1.29, 1.82) is 0 Å². The van der Waals surface area contributed by atoms with E-state index in [1.165, 1.54) is 35.0 Å². The van der Waals surface area contributed by atoms with Gasteiger partial charge in [0.25, 0.3) is 5.56 Å². The molecule has 1 amide bonds. The molecule has 3 rings (SSSR count). The first-order valence-corrected chi connectivity index (χ1v) is 11.8. The van der Waals surface area contributed by atoms with Crippen LogP contribution in [0.5, 0.6) is 0 Å². The van der Waals surface area contributed by atoms with Crippen molar-refractivity contribution in [3.8, 4) is 0 Å². The van der Waals surface area contributed by atoms with Crippen LogP contribution in [0.4, 0.5) is 0 Å². The van der Waals surface area contributed by atoms with Crippen molar-refractivity contribution in [1.82, 2.24) is 14.9 Å². The van der Waals surface area contributed by atoms with Gasteiger partial charge in [0, 0.05) is 18.0 Å². The lowest BCUT2D eigenvalue weighted by Crippen LogP contribution is -2.31. The van der Waals surface area contributed by atoms with Crippen molar-refractivity contribution < 1.29 is 4.79 Å². The maximum Gasteiger partial charge on any atom is 0.263 e. The third kappa shape index (κ3) is 4.40. The van der Waals surface area contributed by atoms with Crippen molar-refractivity contribution in [2.45, 2.75) is 82.7 Å². The molecule has 27 heavy (non-hydrogen) atoms. The van der Waals surface area contributed by atoms with Crippen LogP contribution in [0.15, 0.2) is 9.95 Å². The van der Waals surface area contributed by atoms with Gasteiger partial charge >= 0.3 is 0 Å². The molecular formula is C20H29N3O2S2. The summed E-state index contributed by atoms with van der Waals surface area (Å²) in [6, 6.07) is 0. The fourth-order valence-corrected chi connectivity index (χ4v) is 5.83. The summed E-state index contributed by atoms with van der Waals surface area (Å²) in [4.78, 5) is 32.5. The van der Waals surface area contributed by atoms with Crippen LogP contribution in [-0.4, -0.2) is 27.3 Å². The van der Waals surface area contributed by atoms with Crippen LogP contribution in [0.3, 0.4) is 0 Å². The lowest BCUT2D eigenvalue weighted by molar-refractivity contribution is -0.120. The van der Waals surface area contributed by atoms with Crippen LogP contribution in [0.2, 0.25) is 0 Å². The first-order chi connectivity index (χ1) is 13.1. The zero-order valence-corrected chi connectivity index (χ0v) is 18.1. The number of hydrogen-bond acceptors (Lipinski definition) is 5. The Kier molecular flexibility index (Phi) is 6.98. The Morgan fingerprint density at radius 2 is 2.11 bits per heavy atom. The number of nitrogens with zero attached hydrogens (tertiary/aromatic N) is 2. The highest BCUT2D eigenvalue weighted by atomic mass is 32.2. The Bertz CT molecular complexity index is 872. The van der Waals surface area contributed by atoms with Gasteiger partial charge in [-0.15, -0.1) is 11.3 Å². The van der Waals surface area contributed by atoms with E-state index in [0.717, 1.165) is 42.3 Å². The average Bonchev–Trinajstić information content (AvgIpc) is 3.21. The number of thiophene rings is 1. The van der Waals surface area contributed by atoms with Crippen molar-refractivity contribution >= 4 is 39.2 Å². The number of carbonyl (C=O) groups is 1. The molecule has 0 saturated heterocycles. The molecule has 0 fully saturated rings. The van der Waals surface area contributed by atoms with Gasteiger partial charge in [-0.1, -0.05) is 37.9 Å². The Labute approximate surface area is 169 Å². The quantitative estimate of drug-likeness (QED) is 0.385. The third-order valence-electron chi connectivity index (χ3n) is 5.03. The standard InChI is InChI=1S/C20H29N3O2S2/c1-4-6-7-8-12-23-19(25)16-14-10-9-11-15(14)27-18(16)22-20(23)26-13(3)17(24)21-5-2/h13H,4-12H2,1-3H3,(H,21,24). The normalized spacial score (nSPS) is 14.5. The number of unbranched alkanes of at least 4 members (excludes halogenated alkanes) is 3. The van der Waals surface area contributed by atoms with Gasteiger partial charge in [-0.05, 0) is 45.1 Å². The van der Waals surface area contributed by atoms with Gasteiger partial charge in [-0.25, -0.2) is 4.98 Å². The topological polar surface area (TPSA) is 64.0 Å². The van der Waals surface area contributed by atoms with Gasteiger partial charge in [-0.2, -0.15) is 0 Å². The van der Waals surface area contributed by atoms with Crippen LogP contribution in [0.25, 0.3) is 10.2 Å². The van der Waals surface area contributed by atoms with Gasteiger partial charge in [-0.3, -0.25) is 14.2 Å². The summed E-state index contributed by atoms with van der Waals surface area (Å²) in [6.45, 7) is 7.26. The van der Waals surface area contributed by atoms with Gasteiger partial charge in [0.15, 0.2) is 5.16 Å². The van der Waals surface area contributed by atoms with Crippen LogP contribution in [0, 0.1) is 0 Å². The predicted octanol–water partition coefficient (Wildman–Crippen LogP) is 4.14. The summed E-state index contributed by atoms with van der Waals surface area (Å²) in [5, 5.41) is 4.10. The molecule has 148 valence electrons. The number of carbonyl (C=O) groups excluding carboxylic acids is 1. The van der Waals surface area contributed by atoms with Gasteiger partial charge in [0.2, 0.25) is 5.91 Å². The Morgan fingerprint density at radius 3 is 2.85 bits per heavy atom. The fourth-order valence-electron chi connectivity index (χ4n) is 3.57. The van der Waals surface area contributed by atoms with Crippen molar-refractivity contribution in [2.75, 3.05) is 6.54 Å².